The number of hydrogen-bond acceptors (Lipinski definition) is 3. The molecule has 1 heterocycles. The van der Waals surface area contributed by atoms with Gasteiger partial charge in [0.1, 0.15) is 11.2 Å². The van der Waals surface area contributed by atoms with Crippen molar-refractivity contribution in [3.8, 4) is 0 Å². The minimum atomic E-state index is -1.40. The molecule has 1 saturated heterocycles. The Morgan fingerprint density at radius 1 is 1.26 bits per heavy atom. The Labute approximate surface area is 113 Å². The number of urea groups is 1. The predicted octanol–water partition coefficient (Wildman–Crippen LogP) is 2.09. The van der Waals surface area contributed by atoms with Crippen molar-refractivity contribution in [1.82, 2.24) is 5.32 Å². The molecular weight excluding hydrogens is 275 g/mol. The molecular formula is C12H10ClFN2O3. The van der Waals surface area contributed by atoms with E-state index in [4.69, 9.17) is 11.6 Å². The summed E-state index contributed by atoms with van der Waals surface area (Å²) < 4.78 is 13.0. The molecule has 4 amide bonds. The lowest BCUT2D eigenvalue weighted by molar-refractivity contribution is -0.140. The van der Waals surface area contributed by atoms with Gasteiger partial charge in [-0.05, 0) is 32.0 Å². The first-order valence-corrected chi connectivity index (χ1v) is 5.78. The number of anilines is 1. The smallest absolute Gasteiger partial charge is 0.276 e. The first-order chi connectivity index (χ1) is 8.75. The van der Waals surface area contributed by atoms with E-state index >= 15 is 0 Å². The molecule has 100 valence electrons. The van der Waals surface area contributed by atoms with Crippen LogP contribution in [0.1, 0.15) is 13.8 Å². The fraction of sp³-hybridized carbons (Fsp3) is 0.250. The van der Waals surface area contributed by atoms with Crippen molar-refractivity contribution in [3.05, 3.63) is 29.0 Å². The molecule has 0 radical (unpaired) electrons. The summed E-state index contributed by atoms with van der Waals surface area (Å²) in [5, 5.41) is 1.98. The molecule has 0 saturated carbocycles. The van der Waals surface area contributed by atoms with E-state index in [1.807, 2.05) is 0 Å². The van der Waals surface area contributed by atoms with Gasteiger partial charge in [-0.15, -0.1) is 0 Å². The number of nitrogens with one attached hydrogen (secondary N) is 1. The van der Waals surface area contributed by atoms with Crippen LogP contribution in [0.3, 0.4) is 0 Å². The first-order valence-electron chi connectivity index (χ1n) is 5.40. The minimum Gasteiger partial charge on any atom is -0.276 e. The molecule has 0 spiro atoms. The second-order valence-corrected chi connectivity index (χ2v) is 5.03. The summed E-state index contributed by atoms with van der Waals surface area (Å²) in [7, 11) is 0. The third-order valence-corrected chi connectivity index (χ3v) is 3.18. The lowest BCUT2D eigenvalue weighted by atomic mass is 9.88. The largest absolute Gasteiger partial charge is 0.335 e. The Bertz CT molecular complexity index is 601. The highest BCUT2D eigenvalue weighted by Gasteiger charge is 2.48. The van der Waals surface area contributed by atoms with Crippen LogP contribution in [0.2, 0.25) is 5.02 Å². The monoisotopic (exact) mass is 284 g/mol. The van der Waals surface area contributed by atoms with Crippen molar-refractivity contribution in [2.45, 2.75) is 13.8 Å². The van der Waals surface area contributed by atoms with E-state index in [0.717, 1.165) is 17.0 Å². The summed E-state index contributed by atoms with van der Waals surface area (Å²) in [5.74, 6) is -1.99. The molecule has 1 aromatic rings. The number of amides is 4. The van der Waals surface area contributed by atoms with Gasteiger partial charge in [-0.25, -0.2) is 14.1 Å². The van der Waals surface area contributed by atoms with Gasteiger partial charge in [0.25, 0.3) is 0 Å². The van der Waals surface area contributed by atoms with Crippen molar-refractivity contribution in [1.29, 1.82) is 0 Å². The highest BCUT2D eigenvalue weighted by molar-refractivity contribution is 6.37. The lowest BCUT2D eigenvalue weighted by Gasteiger charge is -2.34. The number of imide groups is 2. The number of nitrogens with zero attached hydrogens (tertiary/aromatic N) is 1. The minimum absolute atomic E-state index is 0.0335. The summed E-state index contributed by atoms with van der Waals surface area (Å²) in [6.45, 7) is 2.78. The Morgan fingerprint density at radius 2 is 1.89 bits per heavy atom. The molecule has 2 rings (SSSR count). The maximum Gasteiger partial charge on any atom is 0.335 e. The van der Waals surface area contributed by atoms with E-state index < -0.39 is 29.1 Å². The molecule has 1 aliphatic rings. The molecule has 1 aliphatic heterocycles. The van der Waals surface area contributed by atoms with Crippen LogP contribution in [-0.2, 0) is 9.59 Å². The second kappa shape index (κ2) is 4.31. The highest BCUT2D eigenvalue weighted by Crippen LogP contribution is 2.32. The van der Waals surface area contributed by atoms with Gasteiger partial charge < -0.3 is 0 Å². The second-order valence-electron chi connectivity index (χ2n) is 4.62. The van der Waals surface area contributed by atoms with Crippen LogP contribution in [0.25, 0.3) is 0 Å². The number of rotatable bonds is 1. The summed E-state index contributed by atoms with van der Waals surface area (Å²) in [5.41, 5.74) is -1.36. The molecule has 1 aromatic carbocycles. The first kappa shape index (κ1) is 13.5. The van der Waals surface area contributed by atoms with Crippen LogP contribution in [0.4, 0.5) is 14.9 Å². The molecule has 5 nitrogen and oxygen atoms in total. The van der Waals surface area contributed by atoms with Gasteiger partial charge in [-0.1, -0.05) is 11.6 Å². The molecule has 0 bridgehead atoms. The summed E-state index contributed by atoms with van der Waals surface area (Å²) in [6.07, 6.45) is 0. The summed E-state index contributed by atoms with van der Waals surface area (Å²) in [6, 6.07) is 2.37. The molecule has 1 fully saturated rings. The lowest BCUT2D eigenvalue weighted by Crippen LogP contribution is -2.62. The fourth-order valence-electron chi connectivity index (χ4n) is 1.66. The van der Waals surface area contributed by atoms with Gasteiger partial charge in [0.15, 0.2) is 0 Å². The van der Waals surface area contributed by atoms with Crippen LogP contribution in [0, 0.1) is 11.2 Å². The molecule has 0 aliphatic carbocycles. The average Bonchev–Trinajstić information content (AvgIpc) is 2.30. The van der Waals surface area contributed by atoms with Gasteiger partial charge in [0.2, 0.25) is 11.8 Å². The zero-order valence-electron chi connectivity index (χ0n) is 10.2. The highest BCUT2D eigenvalue weighted by atomic mass is 35.5. The van der Waals surface area contributed by atoms with Crippen molar-refractivity contribution in [3.63, 3.8) is 0 Å². The quantitative estimate of drug-likeness (QED) is 0.803. The third-order valence-electron chi connectivity index (χ3n) is 2.88. The molecule has 1 N–H and O–H groups in total. The third kappa shape index (κ3) is 2.08. The predicted molar refractivity (Wildman–Crippen MR) is 66.2 cm³/mol. The van der Waals surface area contributed by atoms with Gasteiger partial charge >= 0.3 is 6.03 Å². The Kier molecular flexibility index (Phi) is 3.06. The van der Waals surface area contributed by atoms with Gasteiger partial charge in [-0.2, -0.15) is 0 Å². The van der Waals surface area contributed by atoms with Crippen LogP contribution < -0.4 is 10.2 Å². The van der Waals surface area contributed by atoms with Crippen molar-refractivity contribution in [2.75, 3.05) is 4.90 Å². The van der Waals surface area contributed by atoms with E-state index in [1.165, 1.54) is 19.9 Å². The van der Waals surface area contributed by atoms with Gasteiger partial charge in [0.05, 0.1) is 10.7 Å². The Balaban J connectivity index is 2.52. The molecule has 0 atom stereocenters. The van der Waals surface area contributed by atoms with E-state index in [1.54, 1.807) is 0 Å². The van der Waals surface area contributed by atoms with Crippen LogP contribution in [-0.4, -0.2) is 17.8 Å². The summed E-state index contributed by atoms with van der Waals surface area (Å²) in [4.78, 5) is 36.3. The number of carbonyl (C=O) groups is 3. The Morgan fingerprint density at radius 3 is 2.47 bits per heavy atom. The van der Waals surface area contributed by atoms with Gasteiger partial charge in [0, 0.05) is 0 Å². The number of barbiturate groups is 1. The van der Waals surface area contributed by atoms with Crippen molar-refractivity contribution < 1.29 is 18.8 Å². The average molecular weight is 285 g/mol. The van der Waals surface area contributed by atoms with Crippen LogP contribution >= 0.6 is 11.6 Å². The van der Waals surface area contributed by atoms with E-state index in [0.29, 0.717) is 0 Å². The number of carbonyl (C=O) groups excluding carboxylic acids is 3. The maximum atomic E-state index is 13.0. The maximum absolute atomic E-state index is 13.0. The van der Waals surface area contributed by atoms with Crippen molar-refractivity contribution in [2.24, 2.45) is 5.41 Å². The number of hydrogen-bond donors (Lipinski definition) is 1. The summed E-state index contributed by atoms with van der Waals surface area (Å²) >= 11 is 5.82. The molecule has 0 aromatic heterocycles. The van der Waals surface area contributed by atoms with E-state index in [-0.39, 0.29) is 10.7 Å². The molecule has 0 unspecified atom stereocenters. The zero-order chi connectivity index (χ0) is 14.4. The molecule has 19 heavy (non-hydrogen) atoms. The fourth-order valence-corrected chi connectivity index (χ4v) is 1.91. The van der Waals surface area contributed by atoms with Crippen molar-refractivity contribution >= 4 is 35.1 Å². The standard InChI is InChI=1S/C12H10ClFN2O3/c1-12(2)9(17)15-11(19)16(10(12)18)8-4-3-6(14)5-7(8)13/h3-5H,1-2H3,(H,15,17,19). The Hall–Kier alpha value is -1.95. The zero-order valence-corrected chi connectivity index (χ0v) is 10.9. The van der Waals surface area contributed by atoms with Gasteiger partial charge in [-0.3, -0.25) is 14.9 Å². The van der Waals surface area contributed by atoms with Crippen LogP contribution in [0.5, 0.6) is 0 Å². The number of benzene rings is 1. The topological polar surface area (TPSA) is 66.5 Å². The number of halogens is 2. The van der Waals surface area contributed by atoms with E-state index in [9.17, 15) is 18.8 Å². The normalized spacial score (nSPS) is 18.5. The van der Waals surface area contributed by atoms with E-state index in [2.05, 4.69) is 5.32 Å². The SMILES string of the molecule is CC1(C)C(=O)NC(=O)N(c2ccc(F)cc2Cl)C1=O. The van der Waals surface area contributed by atoms with Crippen LogP contribution in [0.15, 0.2) is 18.2 Å². The molecule has 7 heteroatoms.